The van der Waals surface area contributed by atoms with E-state index in [1.54, 1.807) is 24.3 Å². The van der Waals surface area contributed by atoms with Gasteiger partial charge in [0.1, 0.15) is 18.7 Å². The Labute approximate surface area is 145 Å². The molecule has 25 heavy (non-hydrogen) atoms. The van der Waals surface area contributed by atoms with Gasteiger partial charge in [0.05, 0.1) is 6.10 Å². The number of carbonyl (C=O) groups excluding carboxylic acids is 2. The number of alkyl carbamates (subject to hydrolysis) is 1. The molecule has 8 nitrogen and oxygen atoms in total. The maximum absolute atomic E-state index is 12.1. The van der Waals surface area contributed by atoms with Crippen molar-refractivity contribution in [1.82, 2.24) is 10.6 Å². The highest BCUT2D eigenvalue weighted by Crippen LogP contribution is 2.02. The Morgan fingerprint density at radius 3 is 2.40 bits per heavy atom. The Bertz CT molecular complexity index is 638. The number of aliphatic carboxylic acids is 1. The standard InChI is InChI=1S/C17H20N2O6/c1-3-7-13(16(22)23)18-15(21)14(11(2)20)19-17(24)25-10-12-8-5-4-6-9-12/h1,4-6,8-9,11,13-14,20H,7,10H2,2H3,(H,18,21)(H,19,24)(H,22,23)/t11-,13+,14+/m1/s1. The lowest BCUT2D eigenvalue weighted by atomic mass is 10.1. The van der Waals surface area contributed by atoms with Crippen molar-refractivity contribution in [2.24, 2.45) is 0 Å². The van der Waals surface area contributed by atoms with Gasteiger partial charge in [0, 0.05) is 6.42 Å². The van der Waals surface area contributed by atoms with Gasteiger partial charge in [-0.2, -0.15) is 0 Å². The van der Waals surface area contributed by atoms with Crippen LogP contribution in [0.2, 0.25) is 0 Å². The Hall–Kier alpha value is -3.05. The summed E-state index contributed by atoms with van der Waals surface area (Å²) in [6.07, 6.45) is 2.62. The molecule has 0 spiro atoms. The molecule has 0 aliphatic carbocycles. The predicted molar refractivity (Wildman–Crippen MR) is 88.2 cm³/mol. The fraction of sp³-hybridized carbons (Fsp3) is 0.353. The normalized spacial score (nSPS) is 13.6. The number of terminal acetylenes is 1. The number of rotatable bonds is 8. The van der Waals surface area contributed by atoms with E-state index in [0.717, 1.165) is 5.56 Å². The van der Waals surface area contributed by atoms with Gasteiger partial charge in [-0.25, -0.2) is 9.59 Å². The molecule has 0 aliphatic rings. The van der Waals surface area contributed by atoms with E-state index in [-0.39, 0.29) is 13.0 Å². The van der Waals surface area contributed by atoms with Crippen molar-refractivity contribution < 1.29 is 29.3 Å². The lowest BCUT2D eigenvalue weighted by Crippen LogP contribution is -2.55. The summed E-state index contributed by atoms with van der Waals surface area (Å²) in [7, 11) is 0. The van der Waals surface area contributed by atoms with Gasteiger partial charge in [-0.3, -0.25) is 4.79 Å². The van der Waals surface area contributed by atoms with Gasteiger partial charge < -0.3 is 25.6 Å². The van der Waals surface area contributed by atoms with E-state index in [1.807, 2.05) is 6.07 Å². The molecule has 2 amide bonds. The zero-order valence-electron chi connectivity index (χ0n) is 13.6. The van der Waals surface area contributed by atoms with Crippen molar-refractivity contribution in [3.63, 3.8) is 0 Å². The molecule has 1 rings (SSSR count). The smallest absolute Gasteiger partial charge is 0.408 e. The summed E-state index contributed by atoms with van der Waals surface area (Å²) in [5.41, 5.74) is 0.746. The maximum Gasteiger partial charge on any atom is 0.408 e. The van der Waals surface area contributed by atoms with E-state index in [4.69, 9.17) is 16.3 Å². The van der Waals surface area contributed by atoms with Crippen LogP contribution in [0.1, 0.15) is 18.9 Å². The second-order valence-electron chi connectivity index (χ2n) is 5.23. The van der Waals surface area contributed by atoms with E-state index in [1.165, 1.54) is 6.92 Å². The molecule has 0 radical (unpaired) electrons. The van der Waals surface area contributed by atoms with Crippen molar-refractivity contribution in [2.75, 3.05) is 0 Å². The number of carboxylic acid groups (broad SMARTS) is 1. The average molecular weight is 348 g/mol. The number of aliphatic hydroxyl groups is 1. The number of benzene rings is 1. The molecular formula is C17H20N2O6. The summed E-state index contributed by atoms with van der Waals surface area (Å²) in [5, 5.41) is 23.0. The van der Waals surface area contributed by atoms with Crippen LogP contribution < -0.4 is 10.6 Å². The molecule has 0 bridgehead atoms. The first kappa shape index (κ1) is 20.0. The van der Waals surface area contributed by atoms with Gasteiger partial charge in [-0.15, -0.1) is 12.3 Å². The molecule has 1 aromatic carbocycles. The average Bonchev–Trinajstić information content (AvgIpc) is 2.57. The molecule has 0 aliphatic heterocycles. The fourth-order valence-corrected chi connectivity index (χ4v) is 1.88. The van der Waals surface area contributed by atoms with Gasteiger partial charge in [0.25, 0.3) is 0 Å². The zero-order chi connectivity index (χ0) is 18.8. The maximum atomic E-state index is 12.1. The third-order valence-corrected chi connectivity index (χ3v) is 3.19. The quantitative estimate of drug-likeness (QED) is 0.499. The highest BCUT2D eigenvalue weighted by Gasteiger charge is 2.29. The SMILES string of the molecule is C#CC[C@H](NC(=O)[C@@H](NC(=O)OCc1ccccc1)[C@@H](C)O)C(=O)O. The van der Waals surface area contributed by atoms with Crippen LogP contribution in [0.15, 0.2) is 30.3 Å². The molecule has 134 valence electrons. The molecule has 1 aromatic rings. The van der Waals surface area contributed by atoms with Crippen molar-refractivity contribution in [2.45, 2.75) is 38.1 Å². The number of ether oxygens (including phenoxy) is 1. The number of hydrogen-bond acceptors (Lipinski definition) is 5. The van der Waals surface area contributed by atoms with E-state index in [0.29, 0.717) is 0 Å². The van der Waals surface area contributed by atoms with Crippen LogP contribution in [0.25, 0.3) is 0 Å². The molecule has 0 heterocycles. The molecule has 3 atom stereocenters. The molecule has 0 saturated heterocycles. The van der Waals surface area contributed by atoms with Crippen LogP contribution in [0.5, 0.6) is 0 Å². The minimum Gasteiger partial charge on any atom is -0.480 e. The first-order valence-corrected chi connectivity index (χ1v) is 7.47. The van der Waals surface area contributed by atoms with Crippen LogP contribution >= 0.6 is 0 Å². The first-order valence-electron chi connectivity index (χ1n) is 7.47. The van der Waals surface area contributed by atoms with Gasteiger partial charge >= 0.3 is 12.1 Å². The third-order valence-electron chi connectivity index (χ3n) is 3.19. The number of carbonyl (C=O) groups is 3. The minimum atomic E-state index is -1.39. The monoisotopic (exact) mass is 348 g/mol. The first-order chi connectivity index (χ1) is 11.8. The number of carboxylic acids is 1. The Morgan fingerprint density at radius 1 is 1.24 bits per heavy atom. The van der Waals surface area contributed by atoms with E-state index < -0.39 is 36.2 Å². The topological polar surface area (TPSA) is 125 Å². The van der Waals surface area contributed by atoms with Crippen molar-refractivity contribution in [3.8, 4) is 12.3 Å². The van der Waals surface area contributed by atoms with E-state index in [9.17, 15) is 19.5 Å². The summed E-state index contributed by atoms with van der Waals surface area (Å²) in [5.74, 6) is -0.0658. The molecule has 0 unspecified atom stereocenters. The van der Waals surface area contributed by atoms with Crippen LogP contribution in [0.3, 0.4) is 0 Å². The minimum absolute atomic E-state index is 0.0182. The highest BCUT2D eigenvalue weighted by molar-refractivity contribution is 5.89. The molecule has 4 N–H and O–H groups in total. The summed E-state index contributed by atoms with van der Waals surface area (Å²) >= 11 is 0. The summed E-state index contributed by atoms with van der Waals surface area (Å²) in [6.45, 7) is 1.26. The third kappa shape index (κ3) is 6.93. The predicted octanol–water partition coefficient (Wildman–Crippen LogP) is 0.255. The van der Waals surface area contributed by atoms with Crippen molar-refractivity contribution >= 4 is 18.0 Å². The fourth-order valence-electron chi connectivity index (χ4n) is 1.88. The molecular weight excluding hydrogens is 328 g/mol. The van der Waals surface area contributed by atoms with Gasteiger partial charge in [0.2, 0.25) is 5.91 Å². The molecule has 0 aromatic heterocycles. The van der Waals surface area contributed by atoms with Crippen molar-refractivity contribution in [1.29, 1.82) is 0 Å². The van der Waals surface area contributed by atoms with Gasteiger partial charge in [-0.1, -0.05) is 30.3 Å². The summed E-state index contributed by atoms with van der Waals surface area (Å²) in [4.78, 5) is 34.9. The van der Waals surface area contributed by atoms with Crippen LogP contribution in [-0.2, 0) is 20.9 Å². The Kier molecular flexibility index (Phi) is 7.96. The van der Waals surface area contributed by atoms with Gasteiger partial charge in [0.15, 0.2) is 0 Å². The van der Waals surface area contributed by atoms with Crippen molar-refractivity contribution in [3.05, 3.63) is 35.9 Å². The number of amides is 2. The number of nitrogens with one attached hydrogen (secondary N) is 2. The lowest BCUT2D eigenvalue weighted by molar-refractivity contribution is -0.142. The number of aliphatic hydroxyl groups excluding tert-OH is 1. The van der Waals surface area contributed by atoms with Crippen LogP contribution in [0.4, 0.5) is 4.79 Å². The second-order valence-corrected chi connectivity index (χ2v) is 5.23. The summed E-state index contributed by atoms with van der Waals surface area (Å²) in [6, 6.07) is 6.17. The molecule has 8 heteroatoms. The Balaban J connectivity index is 2.63. The lowest BCUT2D eigenvalue weighted by Gasteiger charge is -2.22. The largest absolute Gasteiger partial charge is 0.480 e. The van der Waals surface area contributed by atoms with Gasteiger partial charge in [-0.05, 0) is 12.5 Å². The van der Waals surface area contributed by atoms with Crippen LogP contribution in [0, 0.1) is 12.3 Å². The highest BCUT2D eigenvalue weighted by atomic mass is 16.5. The van der Waals surface area contributed by atoms with E-state index in [2.05, 4.69) is 16.6 Å². The Morgan fingerprint density at radius 2 is 1.88 bits per heavy atom. The van der Waals surface area contributed by atoms with Crippen LogP contribution in [-0.4, -0.2) is 46.4 Å². The molecule has 0 fully saturated rings. The number of hydrogen-bond donors (Lipinski definition) is 4. The zero-order valence-corrected chi connectivity index (χ0v) is 13.6. The van der Waals surface area contributed by atoms with E-state index >= 15 is 0 Å². The second kappa shape index (κ2) is 9.95. The molecule has 0 saturated carbocycles. The summed E-state index contributed by atoms with van der Waals surface area (Å²) < 4.78 is 4.97.